The van der Waals surface area contributed by atoms with E-state index < -0.39 is 5.97 Å². The predicted molar refractivity (Wildman–Crippen MR) is 74.9 cm³/mol. The number of hydrogen-bond donors (Lipinski definition) is 1. The minimum Gasteiger partial charge on any atom is -0.491 e. The van der Waals surface area contributed by atoms with Crippen LogP contribution in [0.15, 0.2) is 29.1 Å². The van der Waals surface area contributed by atoms with Gasteiger partial charge in [-0.1, -0.05) is 0 Å². The molecule has 0 fully saturated rings. The molecular weight excluding hydrogens is 274 g/mol. The normalized spacial score (nSPS) is 10.4. The lowest BCUT2D eigenvalue weighted by Gasteiger charge is -2.07. The van der Waals surface area contributed by atoms with Gasteiger partial charge >= 0.3 is 5.97 Å². The average molecular weight is 291 g/mol. The molecule has 0 spiro atoms. The van der Waals surface area contributed by atoms with Crippen LogP contribution in [0.4, 0.5) is 0 Å². The second-order valence-corrected chi connectivity index (χ2v) is 4.12. The number of rotatable bonds is 7. The van der Waals surface area contributed by atoms with Crippen LogP contribution in [0.5, 0.6) is 5.75 Å². The Morgan fingerprint density at radius 3 is 3.10 bits per heavy atom. The van der Waals surface area contributed by atoms with E-state index >= 15 is 0 Å². The highest BCUT2D eigenvalue weighted by Crippen LogP contribution is 2.28. The predicted octanol–water partition coefficient (Wildman–Crippen LogP) is 1.64. The zero-order valence-electron chi connectivity index (χ0n) is 11.7. The van der Waals surface area contributed by atoms with E-state index in [4.69, 9.17) is 19.6 Å². The molecule has 7 nitrogen and oxygen atoms in total. The van der Waals surface area contributed by atoms with Gasteiger partial charge in [-0.15, -0.1) is 0 Å². The van der Waals surface area contributed by atoms with Crippen LogP contribution in [0.3, 0.4) is 0 Å². The van der Waals surface area contributed by atoms with Gasteiger partial charge in [0.2, 0.25) is 5.89 Å². The lowest BCUT2D eigenvalue weighted by atomic mass is 10.2. The quantitative estimate of drug-likeness (QED) is 0.611. The van der Waals surface area contributed by atoms with E-state index in [1.165, 1.54) is 6.26 Å². The first-order valence-electron chi connectivity index (χ1n) is 6.66. The van der Waals surface area contributed by atoms with Crippen LogP contribution in [0.25, 0.3) is 11.5 Å². The number of nitrogens with zero attached hydrogens (tertiary/aromatic N) is 2. The van der Waals surface area contributed by atoms with E-state index in [1.807, 2.05) is 0 Å². The third-order valence-corrected chi connectivity index (χ3v) is 2.61. The van der Waals surface area contributed by atoms with Crippen LogP contribution >= 0.6 is 0 Å². The summed E-state index contributed by atoms with van der Waals surface area (Å²) in [5.41, 5.74) is 6.17. The molecule has 2 rings (SSSR count). The highest BCUT2D eigenvalue weighted by molar-refractivity contribution is 5.87. The zero-order chi connectivity index (χ0) is 15.1. The molecule has 0 unspecified atom stereocenters. The second kappa shape index (κ2) is 7.39. The molecule has 0 bridgehead atoms. The topological polar surface area (TPSA) is 100 Å². The van der Waals surface area contributed by atoms with E-state index in [9.17, 15) is 4.79 Å². The first-order valence-corrected chi connectivity index (χ1v) is 6.66. The van der Waals surface area contributed by atoms with Crippen LogP contribution in [0.1, 0.15) is 23.8 Å². The molecule has 0 saturated heterocycles. The van der Waals surface area contributed by atoms with Gasteiger partial charge in [0, 0.05) is 6.20 Å². The Bertz CT molecular complexity index is 597. The third-order valence-electron chi connectivity index (χ3n) is 2.61. The summed E-state index contributed by atoms with van der Waals surface area (Å²) < 4.78 is 15.8. The van der Waals surface area contributed by atoms with Crippen molar-refractivity contribution in [3.05, 3.63) is 30.4 Å². The molecule has 0 radical (unpaired) electrons. The van der Waals surface area contributed by atoms with E-state index in [1.54, 1.807) is 25.4 Å². The molecule has 2 aromatic rings. The van der Waals surface area contributed by atoms with Gasteiger partial charge in [-0.3, -0.25) is 4.98 Å². The minimum atomic E-state index is -0.521. The summed E-state index contributed by atoms with van der Waals surface area (Å²) in [5, 5.41) is 0. The van der Waals surface area contributed by atoms with E-state index in [0.29, 0.717) is 24.5 Å². The smallest absolute Gasteiger partial charge is 0.360 e. The fraction of sp³-hybridized carbons (Fsp3) is 0.357. The van der Waals surface area contributed by atoms with Crippen molar-refractivity contribution < 1.29 is 18.7 Å². The first kappa shape index (κ1) is 15.0. The van der Waals surface area contributed by atoms with Crippen LogP contribution in [-0.2, 0) is 4.74 Å². The molecule has 0 aromatic carbocycles. The highest BCUT2D eigenvalue weighted by atomic mass is 16.5. The SMILES string of the molecule is CCOC(=O)c1coc(-c2ccncc2OCCCN)n1. The van der Waals surface area contributed by atoms with Crippen molar-refractivity contribution in [3.63, 3.8) is 0 Å². The van der Waals surface area contributed by atoms with Crippen molar-refractivity contribution in [2.75, 3.05) is 19.8 Å². The Morgan fingerprint density at radius 2 is 2.33 bits per heavy atom. The molecule has 0 aliphatic heterocycles. The van der Waals surface area contributed by atoms with Crippen LogP contribution < -0.4 is 10.5 Å². The van der Waals surface area contributed by atoms with Crippen molar-refractivity contribution in [3.8, 4) is 17.2 Å². The van der Waals surface area contributed by atoms with Gasteiger partial charge in [-0.05, 0) is 26.0 Å². The maximum Gasteiger partial charge on any atom is 0.360 e. The lowest BCUT2D eigenvalue weighted by molar-refractivity contribution is 0.0519. The molecule has 2 N–H and O–H groups in total. The number of oxazole rings is 1. The van der Waals surface area contributed by atoms with Crippen molar-refractivity contribution in [1.29, 1.82) is 0 Å². The van der Waals surface area contributed by atoms with Gasteiger partial charge < -0.3 is 19.6 Å². The molecule has 7 heteroatoms. The van der Waals surface area contributed by atoms with Gasteiger partial charge in [0.25, 0.3) is 0 Å². The fourth-order valence-electron chi connectivity index (χ4n) is 1.63. The molecule has 0 aliphatic rings. The number of nitrogens with two attached hydrogens (primary N) is 1. The summed E-state index contributed by atoms with van der Waals surface area (Å²) in [6.45, 7) is 3.02. The summed E-state index contributed by atoms with van der Waals surface area (Å²) in [7, 11) is 0. The van der Waals surface area contributed by atoms with Gasteiger partial charge in [-0.2, -0.15) is 0 Å². The molecule has 2 aromatic heterocycles. The highest BCUT2D eigenvalue weighted by Gasteiger charge is 2.17. The molecule has 0 amide bonds. The van der Waals surface area contributed by atoms with Crippen molar-refractivity contribution in [2.45, 2.75) is 13.3 Å². The monoisotopic (exact) mass is 291 g/mol. The van der Waals surface area contributed by atoms with E-state index in [-0.39, 0.29) is 18.2 Å². The van der Waals surface area contributed by atoms with Crippen molar-refractivity contribution in [1.82, 2.24) is 9.97 Å². The number of pyridine rings is 1. The minimum absolute atomic E-state index is 0.122. The number of carbonyl (C=O) groups is 1. The molecule has 2 heterocycles. The van der Waals surface area contributed by atoms with Crippen LogP contribution in [0, 0.1) is 0 Å². The molecular formula is C14H17N3O4. The molecule has 0 atom stereocenters. The fourth-order valence-corrected chi connectivity index (χ4v) is 1.63. The first-order chi connectivity index (χ1) is 10.3. The summed E-state index contributed by atoms with van der Waals surface area (Å²) >= 11 is 0. The maximum absolute atomic E-state index is 11.6. The van der Waals surface area contributed by atoms with Crippen molar-refractivity contribution in [2.24, 2.45) is 5.73 Å². The number of ether oxygens (including phenoxy) is 2. The second-order valence-electron chi connectivity index (χ2n) is 4.12. The number of hydrogen-bond acceptors (Lipinski definition) is 7. The number of carbonyl (C=O) groups excluding carboxylic acids is 1. The van der Waals surface area contributed by atoms with Crippen molar-refractivity contribution >= 4 is 5.97 Å². The van der Waals surface area contributed by atoms with Gasteiger partial charge in [0.1, 0.15) is 12.0 Å². The Morgan fingerprint density at radius 1 is 1.48 bits per heavy atom. The third kappa shape index (κ3) is 3.79. The average Bonchev–Trinajstić information content (AvgIpc) is 2.98. The summed E-state index contributed by atoms with van der Waals surface area (Å²) in [5.74, 6) is 0.290. The van der Waals surface area contributed by atoms with Crippen LogP contribution in [0.2, 0.25) is 0 Å². The zero-order valence-corrected chi connectivity index (χ0v) is 11.7. The Hall–Kier alpha value is -2.41. The molecule has 112 valence electrons. The van der Waals surface area contributed by atoms with E-state index in [0.717, 1.165) is 6.42 Å². The van der Waals surface area contributed by atoms with Crippen LogP contribution in [-0.4, -0.2) is 35.7 Å². The Balaban J connectivity index is 2.19. The number of esters is 1. The molecule has 0 aliphatic carbocycles. The number of aromatic nitrogens is 2. The molecule has 21 heavy (non-hydrogen) atoms. The van der Waals surface area contributed by atoms with Gasteiger partial charge in [0.15, 0.2) is 5.69 Å². The van der Waals surface area contributed by atoms with Gasteiger partial charge in [-0.25, -0.2) is 9.78 Å². The summed E-state index contributed by atoms with van der Waals surface area (Å²) in [6.07, 6.45) is 5.16. The summed E-state index contributed by atoms with van der Waals surface area (Å²) in [4.78, 5) is 19.7. The van der Waals surface area contributed by atoms with Gasteiger partial charge in [0.05, 0.1) is 25.0 Å². The Labute approximate surface area is 122 Å². The largest absolute Gasteiger partial charge is 0.491 e. The molecule has 0 saturated carbocycles. The lowest BCUT2D eigenvalue weighted by Crippen LogP contribution is -2.07. The Kier molecular flexibility index (Phi) is 5.28. The van der Waals surface area contributed by atoms with E-state index in [2.05, 4.69) is 9.97 Å². The maximum atomic E-state index is 11.6. The summed E-state index contributed by atoms with van der Waals surface area (Å²) in [6, 6.07) is 1.71. The standard InChI is InChI=1S/C14H17N3O4/c1-2-19-14(18)11-9-21-13(17-11)10-4-6-16-8-12(10)20-7-3-5-15/h4,6,8-9H,2-3,5,7,15H2,1H3.